The van der Waals surface area contributed by atoms with Gasteiger partial charge in [-0.25, -0.2) is 0 Å². The Bertz CT molecular complexity index is 390. The van der Waals surface area contributed by atoms with Crippen molar-refractivity contribution in [3.8, 4) is 0 Å². The van der Waals surface area contributed by atoms with Crippen molar-refractivity contribution in [2.75, 3.05) is 0 Å². The summed E-state index contributed by atoms with van der Waals surface area (Å²) in [4.78, 5) is 45.4. The molecule has 0 N–H and O–H groups in total. The van der Waals surface area contributed by atoms with Gasteiger partial charge in [-0.3, -0.25) is 19.2 Å². The lowest BCUT2D eigenvalue weighted by atomic mass is 9.66. The summed E-state index contributed by atoms with van der Waals surface area (Å²) < 4.78 is 9.02. The molecule has 0 saturated carbocycles. The van der Waals surface area contributed by atoms with Crippen LogP contribution in [-0.4, -0.2) is 23.9 Å². The van der Waals surface area contributed by atoms with Crippen LogP contribution in [0.2, 0.25) is 0 Å². The quantitative estimate of drug-likeness (QED) is 0.551. The SMILES string of the molecule is CC1(CC2(C)CC(=O)OC(=O)C2)CC(=O)OC(=O)C1. The molecular weight excluding hydrogens is 252 g/mol. The smallest absolute Gasteiger partial charge is 0.314 e. The zero-order valence-electron chi connectivity index (χ0n) is 11.0. The Hall–Kier alpha value is -1.72. The number of hydrogen-bond donors (Lipinski definition) is 0. The van der Waals surface area contributed by atoms with Crippen molar-refractivity contribution in [3.05, 3.63) is 0 Å². The lowest BCUT2D eigenvalue weighted by Crippen LogP contribution is -2.41. The van der Waals surface area contributed by atoms with Crippen LogP contribution in [0.25, 0.3) is 0 Å². The van der Waals surface area contributed by atoms with E-state index in [0.717, 1.165) is 0 Å². The highest BCUT2D eigenvalue weighted by molar-refractivity contribution is 5.90. The molecule has 0 aliphatic carbocycles. The molecule has 2 aliphatic rings. The molecule has 0 aromatic heterocycles. The number of cyclic esters (lactones) is 4. The number of esters is 4. The third-order valence-electron chi connectivity index (χ3n) is 3.59. The lowest BCUT2D eigenvalue weighted by molar-refractivity contribution is -0.172. The van der Waals surface area contributed by atoms with Gasteiger partial charge in [0.05, 0.1) is 25.7 Å². The van der Waals surface area contributed by atoms with Gasteiger partial charge < -0.3 is 9.47 Å². The molecule has 2 aliphatic heterocycles. The van der Waals surface area contributed by atoms with Gasteiger partial charge in [-0.2, -0.15) is 0 Å². The van der Waals surface area contributed by atoms with Gasteiger partial charge in [0.15, 0.2) is 0 Å². The molecule has 0 unspecified atom stereocenters. The summed E-state index contributed by atoms with van der Waals surface area (Å²) in [7, 11) is 0. The number of carbonyl (C=O) groups is 4. The zero-order valence-corrected chi connectivity index (χ0v) is 11.0. The van der Waals surface area contributed by atoms with E-state index in [1.54, 1.807) is 13.8 Å². The summed E-state index contributed by atoms with van der Waals surface area (Å²) in [6.45, 7) is 3.61. The predicted molar refractivity (Wildman–Crippen MR) is 61.5 cm³/mol. The number of rotatable bonds is 2. The van der Waals surface area contributed by atoms with E-state index in [2.05, 4.69) is 9.47 Å². The first kappa shape index (κ1) is 13.7. The maximum Gasteiger partial charge on any atom is 0.314 e. The highest BCUT2D eigenvalue weighted by atomic mass is 16.6. The van der Waals surface area contributed by atoms with Crippen molar-refractivity contribution in [2.45, 2.75) is 46.0 Å². The van der Waals surface area contributed by atoms with Crippen molar-refractivity contribution in [1.82, 2.24) is 0 Å². The van der Waals surface area contributed by atoms with Gasteiger partial charge in [0.2, 0.25) is 0 Å². The average molecular weight is 268 g/mol. The third-order valence-corrected chi connectivity index (χ3v) is 3.59. The highest BCUT2D eigenvalue weighted by Crippen LogP contribution is 2.46. The lowest BCUT2D eigenvalue weighted by Gasteiger charge is -2.40. The molecule has 2 rings (SSSR count). The largest absolute Gasteiger partial charge is 0.393 e. The second-order valence-electron chi connectivity index (χ2n) is 6.20. The van der Waals surface area contributed by atoms with Crippen molar-refractivity contribution < 1.29 is 28.7 Å². The minimum Gasteiger partial charge on any atom is -0.393 e. The number of hydrogen-bond acceptors (Lipinski definition) is 6. The first-order valence-corrected chi connectivity index (χ1v) is 6.17. The summed E-state index contributed by atoms with van der Waals surface area (Å²) in [5.74, 6) is -2.20. The normalized spacial score (nSPS) is 25.8. The summed E-state index contributed by atoms with van der Waals surface area (Å²) in [5, 5.41) is 0. The van der Waals surface area contributed by atoms with E-state index in [1.165, 1.54) is 0 Å². The van der Waals surface area contributed by atoms with Crippen molar-refractivity contribution in [2.24, 2.45) is 10.8 Å². The van der Waals surface area contributed by atoms with Gasteiger partial charge in [0.25, 0.3) is 0 Å². The van der Waals surface area contributed by atoms with Gasteiger partial charge in [0.1, 0.15) is 0 Å². The predicted octanol–water partition coefficient (Wildman–Crippen LogP) is 1.12. The maximum absolute atomic E-state index is 11.4. The van der Waals surface area contributed by atoms with Crippen LogP contribution in [0.5, 0.6) is 0 Å². The Labute approximate surface area is 110 Å². The van der Waals surface area contributed by atoms with Crippen LogP contribution in [-0.2, 0) is 28.7 Å². The molecular formula is C13H16O6. The summed E-state index contributed by atoms with van der Waals surface area (Å²) in [5.41, 5.74) is -1.14. The van der Waals surface area contributed by atoms with Crippen LogP contribution >= 0.6 is 0 Å². The monoisotopic (exact) mass is 268 g/mol. The fourth-order valence-electron chi connectivity index (χ4n) is 3.20. The summed E-state index contributed by atoms with van der Waals surface area (Å²) in [6, 6.07) is 0. The average Bonchev–Trinajstić information content (AvgIpc) is 2.08. The maximum atomic E-state index is 11.4. The fourth-order valence-corrected chi connectivity index (χ4v) is 3.20. The highest BCUT2D eigenvalue weighted by Gasteiger charge is 2.46. The van der Waals surface area contributed by atoms with Crippen LogP contribution < -0.4 is 0 Å². The topological polar surface area (TPSA) is 86.7 Å². The molecule has 0 amide bonds. The molecule has 0 aromatic carbocycles. The van der Waals surface area contributed by atoms with Crippen LogP contribution in [0.3, 0.4) is 0 Å². The van der Waals surface area contributed by atoms with E-state index >= 15 is 0 Å². The number of carbonyl (C=O) groups excluding carboxylic acids is 4. The van der Waals surface area contributed by atoms with E-state index < -0.39 is 34.7 Å². The molecule has 2 fully saturated rings. The molecule has 0 atom stereocenters. The van der Waals surface area contributed by atoms with Crippen LogP contribution in [0.1, 0.15) is 46.0 Å². The molecule has 2 saturated heterocycles. The molecule has 2 heterocycles. The second kappa shape index (κ2) is 4.43. The second-order valence-corrected chi connectivity index (χ2v) is 6.20. The van der Waals surface area contributed by atoms with Gasteiger partial charge >= 0.3 is 23.9 Å². The Morgan fingerprint density at radius 3 is 1.26 bits per heavy atom. The summed E-state index contributed by atoms with van der Waals surface area (Å²) >= 11 is 0. The van der Waals surface area contributed by atoms with E-state index in [0.29, 0.717) is 6.42 Å². The third kappa shape index (κ3) is 3.19. The molecule has 0 bridgehead atoms. The van der Waals surface area contributed by atoms with Crippen molar-refractivity contribution >= 4 is 23.9 Å². The van der Waals surface area contributed by atoms with E-state index in [-0.39, 0.29) is 25.7 Å². The molecule has 0 aromatic rings. The van der Waals surface area contributed by atoms with Crippen LogP contribution in [0.15, 0.2) is 0 Å². The standard InChI is InChI=1S/C13H16O6/c1-12(3-8(14)18-9(15)4-12)7-13(2)5-10(16)19-11(17)6-13/h3-7H2,1-2H3. The van der Waals surface area contributed by atoms with Gasteiger partial charge in [-0.15, -0.1) is 0 Å². The Morgan fingerprint density at radius 1 is 0.737 bits per heavy atom. The molecule has 0 spiro atoms. The van der Waals surface area contributed by atoms with Gasteiger partial charge in [-0.05, 0) is 17.3 Å². The Morgan fingerprint density at radius 2 is 1.00 bits per heavy atom. The van der Waals surface area contributed by atoms with Crippen LogP contribution in [0.4, 0.5) is 0 Å². The first-order chi connectivity index (χ1) is 8.70. The van der Waals surface area contributed by atoms with E-state index in [9.17, 15) is 19.2 Å². The zero-order chi connectivity index (χ0) is 14.3. The van der Waals surface area contributed by atoms with Gasteiger partial charge in [-0.1, -0.05) is 13.8 Å². The van der Waals surface area contributed by atoms with E-state index in [1.807, 2.05) is 0 Å². The van der Waals surface area contributed by atoms with Gasteiger partial charge in [0, 0.05) is 0 Å². The molecule has 0 radical (unpaired) electrons. The minimum absolute atomic E-state index is 0.123. The molecule has 6 heteroatoms. The van der Waals surface area contributed by atoms with Crippen molar-refractivity contribution in [3.63, 3.8) is 0 Å². The molecule has 6 nitrogen and oxygen atoms in total. The Balaban J connectivity index is 2.14. The Kier molecular flexibility index (Phi) is 3.20. The minimum atomic E-state index is -0.570. The van der Waals surface area contributed by atoms with Crippen LogP contribution in [0, 0.1) is 10.8 Å². The number of ether oxygens (including phenoxy) is 2. The molecule has 104 valence electrons. The molecule has 19 heavy (non-hydrogen) atoms. The summed E-state index contributed by atoms with van der Waals surface area (Å²) in [6.07, 6.45) is 0.923. The van der Waals surface area contributed by atoms with Crippen molar-refractivity contribution in [1.29, 1.82) is 0 Å². The fraction of sp³-hybridized carbons (Fsp3) is 0.692. The first-order valence-electron chi connectivity index (χ1n) is 6.17. The van der Waals surface area contributed by atoms with E-state index in [4.69, 9.17) is 0 Å².